The van der Waals surface area contributed by atoms with Gasteiger partial charge in [-0.2, -0.15) is 0 Å². The van der Waals surface area contributed by atoms with Crippen molar-refractivity contribution in [3.63, 3.8) is 0 Å². The molecule has 2 amide bonds. The molecule has 0 spiro atoms. The van der Waals surface area contributed by atoms with Gasteiger partial charge in [0.05, 0.1) is 16.5 Å². The van der Waals surface area contributed by atoms with Crippen molar-refractivity contribution in [2.75, 3.05) is 10.6 Å². The van der Waals surface area contributed by atoms with Crippen LogP contribution >= 0.6 is 58.0 Å². The number of carbonyl (C=O) groups excluding carboxylic acids is 2. The van der Waals surface area contributed by atoms with E-state index in [-0.39, 0.29) is 10.6 Å². The Kier molecular flexibility index (Phi) is 6.81. The second-order valence-electron chi connectivity index (χ2n) is 7.40. The van der Waals surface area contributed by atoms with E-state index in [1.54, 1.807) is 24.3 Å². The molecule has 1 saturated carbocycles. The van der Waals surface area contributed by atoms with E-state index in [2.05, 4.69) is 16.7 Å². The Balaban J connectivity index is 1.50. The summed E-state index contributed by atoms with van der Waals surface area (Å²) in [7, 11) is 0. The minimum Gasteiger partial charge on any atom is -0.326 e. The van der Waals surface area contributed by atoms with Gasteiger partial charge in [0.2, 0.25) is 5.91 Å². The lowest BCUT2D eigenvalue weighted by Crippen LogP contribution is -2.18. The third kappa shape index (κ3) is 5.23. The average molecular weight is 546 g/mol. The van der Waals surface area contributed by atoms with Crippen molar-refractivity contribution in [2.24, 2.45) is 5.92 Å². The van der Waals surface area contributed by atoms with Gasteiger partial charge in [-0.3, -0.25) is 9.59 Å². The summed E-state index contributed by atoms with van der Waals surface area (Å²) in [5.74, 6) is -2.82. The summed E-state index contributed by atoms with van der Waals surface area (Å²) in [5.41, 5.74) is 1.40. The van der Waals surface area contributed by atoms with Crippen LogP contribution in [0.1, 0.15) is 21.8 Å². The lowest BCUT2D eigenvalue weighted by atomic mass is 10.1. The van der Waals surface area contributed by atoms with Crippen molar-refractivity contribution < 1.29 is 14.0 Å². The second-order valence-corrected chi connectivity index (χ2v) is 10.1. The van der Waals surface area contributed by atoms with Gasteiger partial charge in [-0.05, 0) is 60.2 Å². The zero-order chi connectivity index (χ0) is 23.9. The van der Waals surface area contributed by atoms with Gasteiger partial charge in [0.1, 0.15) is 10.2 Å². The highest BCUT2D eigenvalue weighted by Gasteiger charge is 2.67. The van der Waals surface area contributed by atoms with E-state index >= 15 is 0 Å². The summed E-state index contributed by atoms with van der Waals surface area (Å²) in [6, 6.07) is 15.5. The van der Waals surface area contributed by atoms with E-state index in [9.17, 15) is 14.0 Å². The Bertz CT molecular complexity index is 1230. The van der Waals surface area contributed by atoms with Gasteiger partial charge in [-0.15, -0.1) is 23.2 Å². The van der Waals surface area contributed by atoms with Crippen LogP contribution in [0.3, 0.4) is 0 Å². The summed E-state index contributed by atoms with van der Waals surface area (Å²) in [6.45, 7) is 0. The highest BCUT2D eigenvalue weighted by Crippen LogP contribution is 2.65. The molecule has 2 atom stereocenters. The average Bonchev–Trinajstić information content (AvgIpc) is 3.32. The van der Waals surface area contributed by atoms with Gasteiger partial charge in [-0.25, -0.2) is 4.39 Å². The molecule has 1 aliphatic rings. The quantitative estimate of drug-likeness (QED) is 0.329. The number of halogens is 6. The summed E-state index contributed by atoms with van der Waals surface area (Å²) in [5, 5.41) is 6.28. The number of nitrogens with one attached hydrogen (secondary N) is 2. The van der Waals surface area contributed by atoms with Gasteiger partial charge < -0.3 is 10.6 Å². The van der Waals surface area contributed by atoms with Gasteiger partial charge in [0.15, 0.2) is 0 Å². The molecule has 10 heteroatoms. The van der Waals surface area contributed by atoms with Crippen molar-refractivity contribution in [3.8, 4) is 0 Å². The van der Waals surface area contributed by atoms with Crippen LogP contribution in [0, 0.1) is 17.8 Å². The fourth-order valence-electron chi connectivity index (χ4n) is 3.50. The number of carbonyl (C=O) groups is 2. The molecule has 4 nitrogen and oxygen atoms in total. The topological polar surface area (TPSA) is 58.2 Å². The van der Waals surface area contributed by atoms with Crippen LogP contribution in [0.5, 0.6) is 0 Å². The van der Waals surface area contributed by atoms with E-state index < -0.39 is 33.8 Å². The third-order valence-electron chi connectivity index (χ3n) is 5.09. The predicted octanol–water partition coefficient (Wildman–Crippen LogP) is 7.36. The summed E-state index contributed by atoms with van der Waals surface area (Å²) < 4.78 is 11.7. The van der Waals surface area contributed by atoms with Gasteiger partial charge in [0.25, 0.3) is 5.91 Å². The molecule has 0 heterocycles. The number of hydrogen-bond acceptors (Lipinski definition) is 2. The van der Waals surface area contributed by atoms with Crippen LogP contribution in [0.4, 0.5) is 15.8 Å². The molecule has 1 radical (unpaired) electrons. The van der Waals surface area contributed by atoms with Crippen LogP contribution in [-0.2, 0) is 4.79 Å². The highest BCUT2D eigenvalue weighted by molar-refractivity contribution is 6.53. The van der Waals surface area contributed by atoms with Crippen LogP contribution in [0.15, 0.2) is 54.6 Å². The molecule has 0 saturated heterocycles. The minimum atomic E-state index is -1.34. The zero-order valence-electron chi connectivity index (χ0n) is 16.4. The van der Waals surface area contributed by atoms with Gasteiger partial charge in [0, 0.05) is 33.4 Å². The fraction of sp³-hybridized carbons (Fsp3) is 0.130. The molecular weight excluding hydrogens is 533 g/mol. The van der Waals surface area contributed by atoms with E-state index in [1.165, 1.54) is 24.3 Å². The molecule has 2 N–H and O–H groups in total. The van der Waals surface area contributed by atoms with Crippen LogP contribution < -0.4 is 10.6 Å². The van der Waals surface area contributed by atoms with Crippen molar-refractivity contribution >= 4 is 81.2 Å². The first kappa shape index (κ1) is 24.1. The van der Waals surface area contributed by atoms with Crippen molar-refractivity contribution in [2.45, 2.75) is 10.3 Å². The molecular formula is C23H13Cl5FN2O2. The minimum absolute atomic E-state index is 0.107. The summed E-state index contributed by atoms with van der Waals surface area (Å²) in [6.07, 6.45) is 0. The third-order valence-corrected chi connectivity index (χ3v) is 6.80. The van der Waals surface area contributed by atoms with Crippen molar-refractivity contribution in [1.29, 1.82) is 0 Å². The van der Waals surface area contributed by atoms with E-state index in [0.29, 0.717) is 27.0 Å². The number of hydrogen-bond donors (Lipinski definition) is 2. The maximum absolute atomic E-state index is 13.0. The predicted molar refractivity (Wildman–Crippen MR) is 130 cm³/mol. The molecule has 3 aromatic rings. The second kappa shape index (κ2) is 9.32. The molecule has 0 aromatic heterocycles. The maximum atomic E-state index is 13.0. The normalized spacial score (nSPS) is 18.5. The molecule has 33 heavy (non-hydrogen) atoms. The molecule has 1 aliphatic carbocycles. The first-order valence-electron chi connectivity index (χ1n) is 9.49. The standard InChI is InChI=1S/C23H13Cl5FN2O2/c24-12-7-11(8-13(25)9-12)19-20(23(19,27)28)22(33)31-16-5-6-18(26)17(10-16)21(32)30-15-3-1-14(29)2-4-15/h1,3-10,19-20H,(H,30,32)(H,31,33). The Morgan fingerprint density at radius 2 is 1.58 bits per heavy atom. The SMILES string of the molecule is O=C(Nc1c[c]c(F)cc1)c1cc(NC(=O)C2C(c3cc(Cl)cc(Cl)c3)C2(Cl)Cl)ccc1Cl. The Morgan fingerprint density at radius 3 is 2.21 bits per heavy atom. The smallest absolute Gasteiger partial charge is 0.257 e. The molecule has 2 unspecified atom stereocenters. The lowest BCUT2D eigenvalue weighted by molar-refractivity contribution is -0.117. The van der Waals surface area contributed by atoms with Crippen molar-refractivity contribution in [3.05, 3.63) is 92.7 Å². The molecule has 0 bridgehead atoms. The first-order chi connectivity index (χ1) is 15.6. The van der Waals surface area contributed by atoms with E-state index in [4.69, 9.17) is 58.0 Å². The van der Waals surface area contributed by atoms with Crippen LogP contribution in [0.25, 0.3) is 0 Å². The van der Waals surface area contributed by atoms with E-state index in [1.807, 2.05) is 0 Å². The molecule has 4 rings (SSSR count). The molecule has 1 fully saturated rings. The first-order valence-corrected chi connectivity index (χ1v) is 11.4. The number of amides is 2. The van der Waals surface area contributed by atoms with E-state index in [0.717, 1.165) is 6.07 Å². The Hall–Kier alpha value is -2.02. The maximum Gasteiger partial charge on any atom is 0.257 e. The Morgan fingerprint density at radius 1 is 0.909 bits per heavy atom. The zero-order valence-corrected chi connectivity index (χ0v) is 20.2. The summed E-state index contributed by atoms with van der Waals surface area (Å²) in [4.78, 5) is 25.5. The van der Waals surface area contributed by atoms with Crippen molar-refractivity contribution in [1.82, 2.24) is 0 Å². The highest BCUT2D eigenvalue weighted by atomic mass is 35.5. The molecule has 169 valence electrons. The number of alkyl halides is 2. The number of anilines is 2. The monoisotopic (exact) mass is 543 g/mol. The molecule has 0 aliphatic heterocycles. The molecule has 3 aromatic carbocycles. The lowest BCUT2D eigenvalue weighted by Gasteiger charge is -2.10. The Labute approximate surface area is 213 Å². The number of rotatable bonds is 5. The fourth-order valence-corrected chi connectivity index (χ4v) is 5.08. The summed E-state index contributed by atoms with van der Waals surface area (Å²) >= 11 is 31.0. The number of benzene rings is 3. The van der Waals surface area contributed by atoms with Gasteiger partial charge in [-0.1, -0.05) is 34.8 Å². The van der Waals surface area contributed by atoms with Crippen LogP contribution in [0.2, 0.25) is 15.1 Å². The van der Waals surface area contributed by atoms with Crippen LogP contribution in [-0.4, -0.2) is 16.1 Å². The van der Waals surface area contributed by atoms with Gasteiger partial charge >= 0.3 is 0 Å². The largest absolute Gasteiger partial charge is 0.326 e.